The van der Waals surface area contributed by atoms with E-state index in [9.17, 15) is 20.1 Å². The Hall–Kier alpha value is -0.730. The first-order valence-electron chi connectivity index (χ1n) is 7.51. The number of carbonyl (C=O) groups excluding carboxylic acids is 1. The van der Waals surface area contributed by atoms with Gasteiger partial charge in [-0.3, -0.25) is 4.79 Å². The lowest BCUT2D eigenvalue weighted by atomic mass is 9.99. The van der Waals surface area contributed by atoms with Crippen molar-refractivity contribution in [3.63, 3.8) is 0 Å². The molecule has 7 heteroatoms. The van der Waals surface area contributed by atoms with Gasteiger partial charge in [0.05, 0.1) is 6.61 Å². The Labute approximate surface area is 124 Å². The van der Waals surface area contributed by atoms with Crippen LogP contribution in [0.25, 0.3) is 0 Å². The van der Waals surface area contributed by atoms with Crippen LogP contribution in [-0.4, -0.2) is 63.7 Å². The van der Waals surface area contributed by atoms with Crippen molar-refractivity contribution < 1.29 is 34.7 Å². The lowest BCUT2D eigenvalue weighted by Crippen LogP contribution is -2.59. The zero-order chi connectivity index (χ0) is 15.8. The van der Waals surface area contributed by atoms with Crippen LogP contribution < -0.4 is 0 Å². The van der Waals surface area contributed by atoms with E-state index in [-0.39, 0.29) is 6.42 Å². The number of carbonyl (C=O) groups is 1. The van der Waals surface area contributed by atoms with Gasteiger partial charge >= 0.3 is 5.97 Å². The van der Waals surface area contributed by atoms with Crippen LogP contribution in [0.2, 0.25) is 0 Å². The van der Waals surface area contributed by atoms with E-state index in [1.54, 1.807) is 0 Å². The van der Waals surface area contributed by atoms with Crippen molar-refractivity contribution in [3.05, 3.63) is 0 Å². The maximum absolute atomic E-state index is 11.7. The third-order valence-corrected chi connectivity index (χ3v) is 3.58. The van der Waals surface area contributed by atoms with Crippen molar-refractivity contribution in [2.75, 3.05) is 6.61 Å². The molecule has 1 heterocycles. The predicted molar refractivity (Wildman–Crippen MR) is 73.2 cm³/mol. The Kier molecular flexibility index (Phi) is 8.13. The van der Waals surface area contributed by atoms with Crippen LogP contribution in [-0.2, 0) is 14.3 Å². The van der Waals surface area contributed by atoms with E-state index >= 15 is 0 Å². The molecule has 1 aliphatic heterocycles. The maximum Gasteiger partial charge on any atom is 0.308 e. The van der Waals surface area contributed by atoms with Crippen LogP contribution in [0.4, 0.5) is 0 Å². The highest BCUT2D eigenvalue weighted by Gasteiger charge is 2.45. The monoisotopic (exact) mass is 306 g/mol. The minimum absolute atomic E-state index is 0.207. The standard InChI is InChI=1S/C14H26O7/c1-2-3-4-5-6-7-10(16)21-14-13(19)12(18)11(17)9(8-15)20-14/h9,11-15,17-19H,2-8H2,1H3. The van der Waals surface area contributed by atoms with Gasteiger partial charge in [0.15, 0.2) is 0 Å². The predicted octanol–water partition coefficient (Wildman–Crippen LogP) is -0.310. The minimum atomic E-state index is -1.54. The molecule has 1 saturated heterocycles. The summed E-state index contributed by atoms with van der Waals surface area (Å²) in [5.74, 6) is -0.532. The Morgan fingerprint density at radius 1 is 1.05 bits per heavy atom. The molecule has 0 aromatic carbocycles. The first-order valence-corrected chi connectivity index (χ1v) is 7.51. The quantitative estimate of drug-likeness (QED) is 0.359. The highest BCUT2D eigenvalue weighted by molar-refractivity contribution is 5.69. The molecule has 7 nitrogen and oxygen atoms in total. The topological polar surface area (TPSA) is 116 Å². The van der Waals surface area contributed by atoms with Gasteiger partial charge in [-0.15, -0.1) is 0 Å². The molecule has 1 fully saturated rings. The van der Waals surface area contributed by atoms with Crippen molar-refractivity contribution in [3.8, 4) is 0 Å². The summed E-state index contributed by atoms with van der Waals surface area (Å²) >= 11 is 0. The van der Waals surface area contributed by atoms with Gasteiger partial charge in [0.25, 0.3) is 0 Å². The third kappa shape index (κ3) is 5.52. The van der Waals surface area contributed by atoms with Crippen LogP contribution >= 0.6 is 0 Å². The van der Waals surface area contributed by atoms with Crippen LogP contribution in [0.3, 0.4) is 0 Å². The number of rotatable bonds is 8. The van der Waals surface area contributed by atoms with Crippen LogP contribution in [0, 0.1) is 0 Å². The SMILES string of the molecule is CCCCCCCC(=O)OC1OC(CO)C(O)C(O)C1O. The van der Waals surface area contributed by atoms with E-state index in [0.29, 0.717) is 6.42 Å². The summed E-state index contributed by atoms with van der Waals surface area (Å²) in [6.45, 7) is 1.56. The van der Waals surface area contributed by atoms with Crippen LogP contribution in [0.15, 0.2) is 0 Å². The zero-order valence-corrected chi connectivity index (χ0v) is 12.4. The number of esters is 1. The molecule has 1 aliphatic rings. The Bertz CT molecular complexity index is 308. The number of ether oxygens (including phenoxy) is 2. The van der Waals surface area contributed by atoms with Gasteiger partial charge in [-0.05, 0) is 6.42 Å². The number of hydrogen-bond acceptors (Lipinski definition) is 7. The fourth-order valence-corrected chi connectivity index (χ4v) is 2.23. The number of aliphatic hydroxyl groups is 4. The molecule has 0 aromatic rings. The molecular weight excluding hydrogens is 280 g/mol. The van der Waals surface area contributed by atoms with Gasteiger partial charge in [-0.2, -0.15) is 0 Å². The molecule has 21 heavy (non-hydrogen) atoms. The summed E-state index contributed by atoms with van der Waals surface area (Å²) in [4.78, 5) is 11.7. The maximum atomic E-state index is 11.7. The second-order valence-electron chi connectivity index (χ2n) is 5.35. The average Bonchev–Trinajstić information content (AvgIpc) is 2.47. The van der Waals surface area contributed by atoms with E-state index in [1.807, 2.05) is 0 Å². The van der Waals surface area contributed by atoms with Crippen molar-refractivity contribution in [1.29, 1.82) is 0 Å². The van der Waals surface area contributed by atoms with Gasteiger partial charge < -0.3 is 29.9 Å². The Morgan fingerprint density at radius 2 is 1.71 bits per heavy atom. The van der Waals surface area contributed by atoms with E-state index in [1.165, 1.54) is 0 Å². The average molecular weight is 306 g/mol. The highest BCUT2D eigenvalue weighted by atomic mass is 16.7. The summed E-state index contributed by atoms with van der Waals surface area (Å²) in [6, 6.07) is 0. The summed E-state index contributed by atoms with van der Waals surface area (Å²) in [5, 5.41) is 37.9. The molecule has 0 spiro atoms. The van der Waals surface area contributed by atoms with E-state index in [4.69, 9.17) is 14.6 Å². The van der Waals surface area contributed by atoms with Crippen molar-refractivity contribution in [2.45, 2.75) is 76.2 Å². The highest BCUT2D eigenvalue weighted by Crippen LogP contribution is 2.22. The van der Waals surface area contributed by atoms with Crippen molar-refractivity contribution in [2.24, 2.45) is 0 Å². The fourth-order valence-electron chi connectivity index (χ4n) is 2.23. The summed E-state index contributed by atoms with van der Waals surface area (Å²) in [5.41, 5.74) is 0. The molecule has 1 rings (SSSR count). The fraction of sp³-hybridized carbons (Fsp3) is 0.929. The molecule has 0 bridgehead atoms. The Balaban J connectivity index is 2.36. The van der Waals surface area contributed by atoms with Gasteiger partial charge in [0.2, 0.25) is 6.29 Å². The molecule has 0 amide bonds. The lowest BCUT2D eigenvalue weighted by molar-refractivity contribution is -0.292. The second kappa shape index (κ2) is 9.32. The number of aliphatic hydroxyl groups excluding tert-OH is 4. The summed E-state index contributed by atoms with van der Waals surface area (Å²) in [6.07, 6.45) is -1.82. The van der Waals surface area contributed by atoms with Gasteiger partial charge in [-0.25, -0.2) is 0 Å². The molecule has 0 radical (unpaired) electrons. The van der Waals surface area contributed by atoms with Crippen LogP contribution in [0.5, 0.6) is 0 Å². The van der Waals surface area contributed by atoms with Crippen molar-refractivity contribution >= 4 is 5.97 Å². The molecule has 0 saturated carbocycles. The second-order valence-corrected chi connectivity index (χ2v) is 5.35. The van der Waals surface area contributed by atoms with E-state index in [0.717, 1.165) is 25.7 Å². The van der Waals surface area contributed by atoms with Gasteiger partial charge in [-0.1, -0.05) is 32.6 Å². The molecule has 0 aliphatic carbocycles. The van der Waals surface area contributed by atoms with Gasteiger partial charge in [0.1, 0.15) is 24.4 Å². The largest absolute Gasteiger partial charge is 0.433 e. The molecule has 124 valence electrons. The smallest absolute Gasteiger partial charge is 0.308 e. The number of unbranched alkanes of at least 4 members (excludes halogenated alkanes) is 4. The van der Waals surface area contributed by atoms with Gasteiger partial charge in [0, 0.05) is 6.42 Å². The molecule has 4 N–H and O–H groups in total. The first-order chi connectivity index (χ1) is 10.0. The normalized spacial score (nSPS) is 32.9. The third-order valence-electron chi connectivity index (χ3n) is 3.58. The summed E-state index contributed by atoms with van der Waals surface area (Å²) in [7, 11) is 0. The molecule has 0 aromatic heterocycles. The molecule has 5 unspecified atom stereocenters. The number of hydrogen-bond donors (Lipinski definition) is 4. The van der Waals surface area contributed by atoms with E-state index in [2.05, 4.69) is 6.92 Å². The van der Waals surface area contributed by atoms with Crippen molar-refractivity contribution in [1.82, 2.24) is 0 Å². The minimum Gasteiger partial charge on any atom is -0.433 e. The molecular formula is C14H26O7. The summed E-state index contributed by atoms with van der Waals surface area (Å²) < 4.78 is 10.1. The molecule has 5 atom stereocenters. The van der Waals surface area contributed by atoms with Crippen LogP contribution in [0.1, 0.15) is 45.4 Å². The zero-order valence-electron chi connectivity index (χ0n) is 12.4. The first kappa shape index (κ1) is 18.3. The lowest BCUT2D eigenvalue weighted by Gasteiger charge is -2.39. The Morgan fingerprint density at radius 3 is 2.33 bits per heavy atom. The van der Waals surface area contributed by atoms with E-state index < -0.39 is 43.3 Å².